The van der Waals surface area contributed by atoms with E-state index in [-0.39, 0.29) is 79.1 Å². The van der Waals surface area contributed by atoms with Crippen molar-refractivity contribution in [2.45, 2.75) is 227 Å². The van der Waals surface area contributed by atoms with Crippen LogP contribution >= 0.6 is 0 Å². The Kier molecular flexibility index (Phi) is 13.3. The maximum absolute atomic E-state index is 16.4. The molecule has 484 valence electrons. The molecule has 3 heterocycles. The average molecular weight is 1230 g/mol. The topological polar surface area (TPSA) is 186 Å². The number of aldehydes is 1. The minimum atomic E-state index is -2.37. The molecule has 11 saturated carbocycles. The van der Waals surface area contributed by atoms with Crippen LogP contribution in [0.3, 0.4) is 0 Å². The Morgan fingerprint density at radius 3 is 2.31 bits per heavy atom. The smallest absolute Gasteiger partial charge is 0.331 e. The summed E-state index contributed by atoms with van der Waals surface area (Å²) in [4.78, 5) is 30.8. The molecular weight excluding hydrogens is 1130 g/mol. The molecule has 11 heteroatoms. The van der Waals surface area contributed by atoms with Gasteiger partial charge < -0.3 is 50.2 Å². The molecule has 4 spiro atoms. The van der Waals surface area contributed by atoms with Gasteiger partial charge in [0, 0.05) is 63.0 Å². The van der Waals surface area contributed by atoms with E-state index in [1.54, 1.807) is 6.08 Å². The highest BCUT2D eigenvalue weighted by Crippen LogP contribution is 2.87. The summed E-state index contributed by atoms with van der Waals surface area (Å²) in [7, 11) is 1.93. The predicted octanol–water partition coefficient (Wildman–Crippen LogP) is 10.7. The van der Waals surface area contributed by atoms with Crippen molar-refractivity contribution < 1.29 is 49.7 Å². The van der Waals surface area contributed by atoms with Gasteiger partial charge in [0.25, 0.3) is 0 Å². The number of rotatable bonds is 5. The molecular formula is C80H99NO10. The minimum Gasteiger partial charge on any atom is -0.454 e. The molecule has 0 amide bonds. The average Bonchev–Trinajstić information content (AvgIpc) is 1.59. The lowest BCUT2D eigenvalue weighted by atomic mass is 9.29. The molecule has 13 aliphatic carbocycles. The first-order valence-electron chi connectivity index (χ1n) is 36.6. The van der Waals surface area contributed by atoms with Crippen molar-refractivity contribution in [2.75, 3.05) is 13.7 Å². The summed E-state index contributed by atoms with van der Waals surface area (Å²) in [6.07, 6.45) is 18.6. The third-order valence-corrected chi connectivity index (χ3v) is 32.2. The summed E-state index contributed by atoms with van der Waals surface area (Å²) < 4.78 is 14.9. The van der Waals surface area contributed by atoms with E-state index in [0.717, 1.165) is 126 Å². The van der Waals surface area contributed by atoms with E-state index in [2.05, 4.69) is 78.7 Å². The van der Waals surface area contributed by atoms with Crippen molar-refractivity contribution in [3.05, 3.63) is 118 Å². The maximum Gasteiger partial charge on any atom is 0.331 e. The highest BCUT2D eigenvalue weighted by Gasteiger charge is 2.91. The van der Waals surface area contributed by atoms with Gasteiger partial charge in [-0.3, -0.25) is 0 Å². The van der Waals surface area contributed by atoms with E-state index >= 15 is 20.1 Å². The van der Waals surface area contributed by atoms with Crippen LogP contribution in [0.4, 0.5) is 0 Å². The van der Waals surface area contributed by atoms with E-state index in [4.69, 9.17) is 9.47 Å². The van der Waals surface area contributed by atoms with E-state index < -0.39 is 92.3 Å². The van der Waals surface area contributed by atoms with E-state index in [1.165, 1.54) is 16.7 Å². The van der Waals surface area contributed by atoms with Crippen molar-refractivity contribution in [3.8, 4) is 11.8 Å². The Labute approximate surface area is 538 Å². The lowest BCUT2D eigenvalue weighted by Gasteiger charge is -2.78. The highest BCUT2D eigenvalue weighted by molar-refractivity contribution is 5.87. The number of aliphatic hydroxyl groups is 6. The summed E-state index contributed by atoms with van der Waals surface area (Å²) in [5.74, 6) is 6.27. The minimum absolute atomic E-state index is 0.0223. The fraction of sp³-hybridized carbons (Fsp3) is 0.700. The van der Waals surface area contributed by atoms with Crippen LogP contribution in [0, 0.1) is 115 Å². The first-order valence-corrected chi connectivity index (χ1v) is 36.6. The number of benzene rings is 3. The quantitative estimate of drug-likeness (QED) is 0.0733. The third-order valence-electron chi connectivity index (χ3n) is 32.2. The molecule has 11 nitrogen and oxygen atoms in total. The second kappa shape index (κ2) is 20.4. The van der Waals surface area contributed by atoms with Gasteiger partial charge in [0.2, 0.25) is 0 Å². The molecule has 0 aromatic heterocycles. The zero-order valence-corrected chi connectivity index (χ0v) is 53.9. The molecule has 16 aliphatic rings. The number of ether oxygens (including phenoxy) is 2. The molecule has 26 atom stereocenters. The zero-order chi connectivity index (χ0) is 62.0. The number of likely N-dealkylation sites (N-methyl/N-ethyl adjacent to an activating group) is 1. The lowest BCUT2D eigenvalue weighted by Crippen LogP contribution is -2.88. The Morgan fingerprint density at radius 2 is 1.52 bits per heavy atom. The molecule has 26 unspecified atom stereocenters. The summed E-state index contributed by atoms with van der Waals surface area (Å²) in [6.45, 7) is 1.87. The number of carbonyl (C=O) groups excluding carboxylic acids is 2. The Morgan fingerprint density at radius 1 is 0.736 bits per heavy atom. The van der Waals surface area contributed by atoms with Crippen LogP contribution in [0.5, 0.6) is 0 Å². The molecule has 91 heavy (non-hydrogen) atoms. The van der Waals surface area contributed by atoms with Crippen molar-refractivity contribution in [1.82, 2.24) is 5.32 Å². The predicted molar refractivity (Wildman–Crippen MR) is 343 cm³/mol. The van der Waals surface area contributed by atoms with Crippen LogP contribution in [0.15, 0.2) is 84.4 Å². The largest absolute Gasteiger partial charge is 0.454 e. The van der Waals surface area contributed by atoms with Gasteiger partial charge in [-0.25, -0.2) is 4.79 Å². The van der Waals surface area contributed by atoms with Crippen LogP contribution < -0.4 is 5.32 Å². The number of hydrogen-bond donors (Lipinski definition) is 7. The van der Waals surface area contributed by atoms with Crippen LogP contribution in [-0.4, -0.2) is 104 Å². The number of fused-ring (bicyclic) bond motifs is 12. The molecule has 3 aromatic carbocycles. The van der Waals surface area contributed by atoms with Crippen molar-refractivity contribution in [3.63, 3.8) is 0 Å². The monoisotopic (exact) mass is 1230 g/mol. The first-order chi connectivity index (χ1) is 44.0. The van der Waals surface area contributed by atoms with E-state index in [9.17, 15) is 20.1 Å². The van der Waals surface area contributed by atoms with Crippen molar-refractivity contribution in [2.24, 2.45) is 104 Å². The normalized spacial score (nSPS) is 50.5. The van der Waals surface area contributed by atoms with Gasteiger partial charge in [-0.1, -0.05) is 98.3 Å². The number of aliphatic hydroxyl groups excluding tert-OH is 3. The molecule has 3 aromatic rings. The molecule has 0 radical (unpaired) electrons. The van der Waals surface area contributed by atoms with Crippen LogP contribution in [0.2, 0.25) is 0 Å². The molecule has 12 fully saturated rings. The Bertz CT molecular complexity index is 3550. The molecule has 7 N–H and O–H groups in total. The van der Waals surface area contributed by atoms with Crippen molar-refractivity contribution >= 4 is 12.3 Å². The van der Waals surface area contributed by atoms with E-state index in [1.807, 2.05) is 25.2 Å². The fourth-order valence-corrected chi connectivity index (χ4v) is 28.9. The second-order valence-corrected chi connectivity index (χ2v) is 34.2. The second-order valence-electron chi connectivity index (χ2n) is 34.2. The molecule has 1 saturated heterocycles. The van der Waals surface area contributed by atoms with Crippen LogP contribution in [0.25, 0.3) is 0 Å². The van der Waals surface area contributed by atoms with Gasteiger partial charge >= 0.3 is 5.97 Å². The van der Waals surface area contributed by atoms with Gasteiger partial charge in [-0.05, 0) is 253 Å². The Balaban J connectivity index is 0.867. The van der Waals surface area contributed by atoms with Crippen LogP contribution in [0.1, 0.15) is 187 Å². The SMILES string of the molecule is CNC1Cc2c(cccc2CO)C#CC2(CCCC2)CC23CCC4C5(C=O)CC67C8CC9CC(c%10ccccc%10)CCC96CCC8C6Cc8cccc(c8)CC8CCC(C8)C(C)C8CCC(C7O6)C5(O)C(C8)C(O)C4(O)C2(O)CC2CC1C1OC(=O)C=C1C23CO. The fourth-order valence-electron chi connectivity index (χ4n) is 28.9. The number of carbonyl (C=O) groups is 2. The van der Waals surface area contributed by atoms with E-state index in [0.29, 0.717) is 67.8 Å². The van der Waals surface area contributed by atoms with Gasteiger partial charge in [0.05, 0.1) is 42.5 Å². The van der Waals surface area contributed by atoms with Crippen LogP contribution in [-0.2, 0) is 44.9 Å². The Hall–Kier alpha value is -4.22. The number of esters is 1. The highest BCUT2D eigenvalue weighted by atomic mass is 16.5. The van der Waals surface area contributed by atoms with Crippen molar-refractivity contribution in [1.29, 1.82) is 0 Å². The van der Waals surface area contributed by atoms with Gasteiger partial charge in [-0.15, -0.1) is 0 Å². The van der Waals surface area contributed by atoms with Gasteiger partial charge in [0.1, 0.15) is 23.6 Å². The number of hydrogen-bond acceptors (Lipinski definition) is 11. The van der Waals surface area contributed by atoms with Gasteiger partial charge in [-0.2, -0.15) is 0 Å². The molecule has 3 aliphatic heterocycles. The molecule has 19 rings (SSSR count). The summed E-state index contributed by atoms with van der Waals surface area (Å²) in [5, 5.41) is 89.7. The summed E-state index contributed by atoms with van der Waals surface area (Å²) in [5.41, 5.74) is -4.67. The third kappa shape index (κ3) is 7.32. The number of nitrogens with one attached hydrogen (secondary N) is 1. The summed E-state index contributed by atoms with van der Waals surface area (Å²) in [6, 6.07) is 26.3. The maximum atomic E-state index is 16.4. The zero-order valence-electron chi connectivity index (χ0n) is 53.9. The molecule has 16 bridgehead atoms. The van der Waals surface area contributed by atoms with Gasteiger partial charge in [0.15, 0.2) is 0 Å². The first kappa shape index (κ1) is 59.3. The standard InChI is InChI=1S/C80H99NO10/c1-46-52-17-16-49(32-52)31-47-10-8-11-48(30-47)33-66-58-22-28-73-27-21-54(50-12-4-3-5-13-50)34-56(73)37-62(58)76(73)43-74(44-83)67-23-29-75-42-72(24-6-7-25-72)26-20-51-14-9-15-55(41-82)59(51)38-65(81-2)60-36-57(77(75,45-84)63-39-68(85)91-69(60)63)40-78(75,87)80(67,89)70(86)64-35-53(46)18-19-61(71(76)90-66)79(64,74)88/h3-5,8-15,30,39,44,46,49,52-54,56-58,60-62,64-67,69-71,81-82,84,86-89H,6-7,16-19,21-25,27-29,31-38,40-43,45H2,1-2H3. The summed E-state index contributed by atoms with van der Waals surface area (Å²) >= 11 is 0. The lowest BCUT2D eigenvalue weighted by molar-refractivity contribution is -0.407.